The molecule has 2 aromatic carbocycles. The highest BCUT2D eigenvalue weighted by molar-refractivity contribution is 6.02. The van der Waals surface area contributed by atoms with Crippen LogP contribution in [0, 0.1) is 0 Å². The van der Waals surface area contributed by atoms with E-state index in [1.807, 2.05) is 72.8 Å². The van der Waals surface area contributed by atoms with Gasteiger partial charge < -0.3 is 9.57 Å². The molecule has 0 aliphatic heterocycles. The maximum absolute atomic E-state index is 5.85. The normalized spacial score (nSPS) is 14.6. The predicted molar refractivity (Wildman–Crippen MR) is 106 cm³/mol. The van der Waals surface area contributed by atoms with Crippen LogP contribution in [0.15, 0.2) is 78.0 Å². The fourth-order valence-corrected chi connectivity index (χ4v) is 3.16. The molecule has 0 spiro atoms. The minimum absolute atomic E-state index is 0.478. The summed E-state index contributed by atoms with van der Waals surface area (Å²) in [6, 6.07) is 24.2. The molecule has 3 aromatic rings. The summed E-state index contributed by atoms with van der Waals surface area (Å²) in [5.74, 6) is 0.657. The summed E-state index contributed by atoms with van der Waals surface area (Å²) < 4.78 is 5.85. The van der Waals surface area contributed by atoms with E-state index in [1.165, 1.54) is 0 Å². The van der Waals surface area contributed by atoms with Crippen molar-refractivity contribution >= 4 is 5.71 Å². The summed E-state index contributed by atoms with van der Waals surface area (Å²) in [7, 11) is 0. The summed E-state index contributed by atoms with van der Waals surface area (Å²) in [5.41, 5.74) is 5.32. The van der Waals surface area contributed by atoms with Gasteiger partial charge in [0.05, 0.1) is 11.4 Å². The fourth-order valence-electron chi connectivity index (χ4n) is 3.16. The zero-order valence-corrected chi connectivity index (χ0v) is 15.2. The highest BCUT2D eigenvalue weighted by Gasteiger charge is 2.18. The Balaban J connectivity index is 1.42. The van der Waals surface area contributed by atoms with Gasteiger partial charge in [0.15, 0.2) is 0 Å². The number of ether oxygens (including phenoxy) is 1. The molecule has 136 valence electrons. The predicted octanol–water partition coefficient (Wildman–Crippen LogP) is 4.92. The lowest BCUT2D eigenvalue weighted by molar-refractivity contribution is 0.130. The second-order valence-corrected chi connectivity index (χ2v) is 6.57. The Bertz CT molecular complexity index is 908. The second kappa shape index (κ2) is 8.49. The van der Waals surface area contributed by atoms with Gasteiger partial charge >= 0.3 is 0 Å². The van der Waals surface area contributed by atoms with E-state index in [1.54, 1.807) is 0 Å². The van der Waals surface area contributed by atoms with Gasteiger partial charge in [-0.2, -0.15) is 0 Å². The van der Waals surface area contributed by atoms with E-state index in [-0.39, 0.29) is 0 Å². The third-order valence-corrected chi connectivity index (χ3v) is 4.57. The van der Waals surface area contributed by atoms with Crippen LogP contribution in [0.3, 0.4) is 0 Å². The Hall–Kier alpha value is -3.14. The van der Waals surface area contributed by atoms with E-state index in [9.17, 15) is 0 Å². The molecule has 0 N–H and O–H groups in total. The van der Waals surface area contributed by atoms with Gasteiger partial charge in [0.25, 0.3) is 0 Å². The molecule has 0 radical (unpaired) electrons. The highest BCUT2D eigenvalue weighted by Crippen LogP contribution is 2.23. The Morgan fingerprint density at radius 3 is 2.22 bits per heavy atom. The van der Waals surface area contributed by atoms with Crippen molar-refractivity contribution in [2.75, 3.05) is 0 Å². The topological polar surface area (TPSA) is 43.7 Å². The largest absolute Gasteiger partial charge is 0.473 e. The summed E-state index contributed by atoms with van der Waals surface area (Å²) >= 11 is 0. The van der Waals surface area contributed by atoms with Crippen LogP contribution in [0.4, 0.5) is 0 Å². The van der Waals surface area contributed by atoms with Gasteiger partial charge in [0, 0.05) is 11.6 Å². The van der Waals surface area contributed by atoms with Crippen LogP contribution in [-0.2, 0) is 24.5 Å². The smallest absolute Gasteiger partial charge is 0.213 e. The van der Waals surface area contributed by atoms with Crippen LogP contribution in [-0.4, -0.2) is 10.7 Å². The number of nitrogens with zero attached hydrogens (tertiary/aromatic N) is 2. The summed E-state index contributed by atoms with van der Waals surface area (Å²) in [4.78, 5) is 10.3. The number of aromatic nitrogens is 1. The molecule has 0 bridgehead atoms. The Morgan fingerprint density at radius 2 is 1.48 bits per heavy atom. The zero-order chi connectivity index (χ0) is 18.3. The molecule has 4 heteroatoms. The van der Waals surface area contributed by atoms with Gasteiger partial charge in [-0.25, -0.2) is 4.98 Å². The molecule has 0 saturated carbocycles. The lowest BCUT2D eigenvalue weighted by Gasteiger charge is -2.17. The molecule has 1 aliphatic rings. The van der Waals surface area contributed by atoms with E-state index >= 15 is 0 Å². The van der Waals surface area contributed by atoms with E-state index in [0.29, 0.717) is 19.1 Å². The number of hydrogen-bond donors (Lipinski definition) is 0. The molecule has 27 heavy (non-hydrogen) atoms. The molecule has 0 unspecified atom stereocenters. The fraction of sp³-hybridized carbons (Fsp3) is 0.217. The van der Waals surface area contributed by atoms with Crippen LogP contribution < -0.4 is 4.74 Å². The van der Waals surface area contributed by atoms with Crippen LogP contribution in [0.5, 0.6) is 5.88 Å². The standard InChI is InChI=1S/C23H22N2O2/c1-3-8-18(9-4-1)16-26-23-15-14-20-21(24-23)12-7-13-22(20)25-27-17-19-10-5-2-6-11-19/h1-6,8-11,14-15H,7,12-13,16-17H2/b25-22-. The highest BCUT2D eigenvalue weighted by atomic mass is 16.6. The average molecular weight is 358 g/mol. The molecule has 4 nitrogen and oxygen atoms in total. The third-order valence-electron chi connectivity index (χ3n) is 4.57. The van der Waals surface area contributed by atoms with Crippen molar-refractivity contribution in [1.29, 1.82) is 0 Å². The molecule has 4 rings (SSSR count). The maximum Gasteiger partial charge on any atom is 0.213 e. The minimum atomic E-state index is 0.478. The molecule has 1 heterocycles. The lowest BCUT2D eigenvalue weighted by atomic mass is 9.94. The van der Waals surface area contributed by atoms with Crippen molar-refractivity contribution in [2.45, 2.75) is 32.5 Å². The Labute approximate surface area is 159 Å². The van der Waals surface area contributed by atoms with Crippen molar-refractivity contribution < 1.29 is 9.57 Å². The summed E-state index contributed by atoms with van der Waals surface area (Å²) in [6.07, 6.45) is 2.87. The maximum atomic E-state index is 5.85. The molecule has 1 aromatic heterocycles. The van der Waals surface area contributed by atoms with Crippen molar-refractivity contribution in [3.05, 3.63) is 95.2 Å². The number of fused-ring (bicyclic) bond motifs is 1. The second-order valence-electron chi connectivity index (χ2n) is 6.57. The first-order chi connectivity index (χ1) is 13.4. The minimum Gasteiger partial charge on any atom is -0.473 e. The van der Waals surface area contributed by atoms with Crippen molar-refractivity contribution in [2.24, 2.45) is 5.16 Å². The molecule has 0 atom stereocenters. The summed E-state index contributed by atoms with van der Waals surface area (Å²) in [5, 5.41) is 4.38. The van der Waals surface area contributed by atoms with E-state index in [0.717, 1.165) is 47.4 Å². The molecule has 0 saturated heterocycles. The first-order valence-corrected chi connectivity index (χ1v) is 9.28. The average Bonchev–Trinajstić information content (AvgIpc) is 2.74. The number of pyridine rings is 1. The number of aryl methyl sites for hydroxylation is 1. The molecular weight excluding hydrogens is 336 g/mol. The summed E-state index contributed by atoms with van der Waals surface area (Å²) in [6.45, 7) is 0.999. The molecular formula is C23H22N2O2. The van der Waals surface area contributed by atoms with E-state index < -0.39 is 0 Å². The Kier molecular flexibility index (Phi) is 5.44. The van der Waals surface area contributed by atoms with Gasteiger partial charge in [-0.1, -0.05) is 65.8 Å². The molecule has 0 fully saturated rings. The number of rotatable bonds is 6. The van der Waals surface area contributed by atoms with Gasteiger partial charge in [-0.05, 0) is 36.5 Å². The number of benzene rings is 2. The third kappa shape index (κ3) is 4.53. The van der Waals surface area contributed by atoms with Gasteiger partial charge in [0.1, 0.15) is 13.2 Å². The molecule has 0 amide bonds. The van der Waals surface area contributed by atoms with Crippen molar-refractivity contribution in [3.63, 3.8) is 0 Å². The number of oxime groups is 1. The number of hydrogen-bond acceptors (Lipinski definition) is 4. The van der Waals surface area contributed by atoms with Crippen molar-refractivity contribution in [3.8, 4) is 5.88 Å². The van der Waals surface area contributed by atoms with Crippen LogP contribution >= 0.6 is 0 Å². The van der Waals surface area contributed by atoms with Gasteiger partial charge in [-0.3, -0.25) is 0 Å². The zero-order valence-electron chi connectivity index (χ0n) is 15.2. The van der Waals surface area contributed by atoms with E-state index in [2.05, 4.69) is 10.1 Å². The SMILES string of the molecule is c1ccc(CO/N=C2/CCCc3nc(OCc4ccccc4)ccc32)cc1. The van der Waals surface area contributed by atoms with Crippen molar-refractivity contribution in [1.82, 2.24) is 4.98 Å². The van der Waals surface area contributed by atoms with Crippen LogP contribution in [0.2, 0.25) is 0 Å². The Morgan fingerprint density at radius 1 is 0.778 bits per heavy atom. The quantitative estimate of drug-likeness (QED) is 0.588. The lowest BCUT2D eigenvalue weighted by Crippen LogP contribution is -2.14. The van der Waals surface area contributed by atoms with E-state index in [4.69, 9.17) is 9.57 Å². The van der Waals surface area contributed by atoms with Gasteiger partial charge in [-0.15, -0.1) is 0 Å². The first-order valence-electron chi connectivity index (χ1n) is 9.28. The van der Waals surface area contributed by atoms with Gasteiger partial charge in [0.2, 0.25) is 5.88 Å². The van der Waals surface area contributed by atoms with Crippen LogP contribution in [0.25, 0.3) is 0 Å². The van der Waals surface area contributed by atoms with Crippen LogP contribution in [0.1, 0.15) is 35.2 Å². The first kappa shape index (κ1) is 17.3. The molecule has 1 aliphatic carbocycles. The monoisotopic (exact) mass is 358 g/mol.